The number of aliphatic hydroxyl groups is 1. The third kappa shape index (κ3) is 5.82. The van der Waals surface area contributed by atoms with E-state index in [0.29, 0.717) is 11.3 Å². The number of anilines is 1. The molecule has 0 saturated heterocycles. The highest BCUT2D eigenvalue weighted by atomic mass is 16.5. The number of ether oxygens (including phenoxy) is 2. The van der Waals surface area contributed by atoms with Crippen LogP contribution in [0, 0.1) is 6.92 Å². The zero-order chi connectivity index (χ0) is 20.5. The van der Waals surface area contributed by atoms with Crippen molar-refractivity contribution in [2.45, 2.75) is 19.6 Å². The molecule has 0 radical (unpaired) electrons. The minimum atomic E-state index is -1.15. The van der Waals surface area contributed by atoms with E-state index in [2.05, 4.69) is 15.4 Å². The molecule has 2 rings (SSSR count). The molecule has 2 aromatic carbocycles. The third-order valence-corrected chi connectivity index (χ3v) is 3.91. The summed E-state index contributed by atoms with van der Waals surface area (Å²) in [6.45, 7) is 1.28. The first-order valence-electron chi connectivity index (χ1n) is 8.52. The lowest BCUT2D eigenvalue weighted by molar-refractivity contribution is -0.143. The van der Waals surface area contributed by atoms with E-state index >= 15 is 0 Å². The van der Waals surface area contributed by atoms with Crippen LogP contribution >= 0.6 is 0 Å². The summed E-state index contributed by atoms with van der Waals surface area (Å²) in [4.78, 5) is 35.7. The molecule has 0 heterocycles. The Hall–Kier alpha value is -3.39. The largest absolute Gasteiger partial charge is 0.467 e. The van der Waals surface area contributed by atoms with Gasteiger partial charge in [-0.3, -0.25) is 10.1 Å². The van der Waals surface area contributed by atoms with Crippen LogP contribution in [-0.4, -0.2) is 42.8 Å². The first-order chi connectivity index (χ1) is 13.4. The Kier molecular flexibility index (Phi) is 7.53. The molecule has 0 fully saturated rings. The van der Waals surface area contributed by atoms with Crippen LogP contribution in [0.15, 0.2) is 48.5 Å². The Bertz CT molecular complexity index is 838. The molecular weight excluding hydrogens is 364 g/mol. The fourth-order valence-electron chi connectivity index (χ4n) is 2.38. The van der Waals surface area contributed by atoms with Gasteiger partial charge in [0.05, 0.1) is 13.7 Å². The van der Waals surface area contributed by atoms with Crippen molar-refractivity contribution < 1.29 is 29.0 Å². The van der Waals surface area contributed by atoms with E-state index in [1.807, 2.05) is 30.3 Å². The van der Waals surface area contributed by atoms with Crippen LogP contribution < -0.4 is 10.6 Å². The molecule has 2 aromatic rings. The molecule has 3 N–H and O–H groups in total. The highest BCUT2D eigenvalue weighted by molar-refractivity contribution is 5.98. The van der Waals surface area contributed by atoms with Crippen molar-refractivity contribution in [1.82, 2.24) is 5.32 Å². The lowest BCUT2D eigenvalue weighted by atomic mass is 10.1. The van der Waals surface area contributed by atoms with Crippen molar-refractivity contribution in [3.8, 4) is 0 Å². The lowest BCUT2D eigenvalue weighted by Gasteiger charge is -2.15. The maximum absolute atomic E-state index is 12.2. The Balaban J connectivity index is 1.96. The van der Waals surface area contributed by atoms with Gasteiger partial charge < -0.3 is 19.9 Å². The van der Waals surface area contributed by atoms with E-state index in [1.165, 1.54) is 13.2 Å². The molecule has 0 aliphatic carbocycles. The van der Waals surface area contributed by atoms with Crippen LogP contribution in [0.5, 0.6) is 0 Å². The molecule has 0 bridgehead atoms. The summed E-state index contributed by atoms with van der Waals surface area (Å²) in [5.74, 6) is -1.29. The van der Waals surface area contributed by atoms with Gasteiger partial charge in [0.1, 0.15) is 6.61 Å². The van der Waals surface area contributed by atoms with E-state index in [-0.39, 0.29) is 12.2 Å². The zero-order valence-corrected chi connectivity index (χ0v) is 15.6. The van der Waals surface area contributed by atoms with Gasteiger partial charge in [-0.2, -0.15) is 0 Å². The molecule has 148 valence electrons. The van der Waals surface area contributed by atoms with Crippen LogP contribution in [0.25, 0.3) is 0 Å². The van der Waals surface area contributed by atoms with Gasteiger partial charge >= 0.3 is 12.1 Å². The molecule has 0 aromatic heterocycles. The van der Waals surface area contributed by atoms with Crippen LogP contribution in [0.2, 0.25) is 0 Å². The molecule has 8 heteroatoms. The molecule has 1 atom stereocenters. The number of benzene rings is 2. The predicted octanol–water partition coefficient (Wildman–Crippen LogP) is 2.01. The molecule has 28 heavy (non-hydrogen) atoms. The number of aryl methyl sites for hydroxylation is 1. The minimum absolute atomic E-state index is 0.141. The number of methoxy groups -OCH3 is 1. The number of hydrogen-bond acceptors (Lipinski definition) is 6. The van der Waals surface area contributed by atoms with Crippen molar-refractivity contribution in [3.63, 3.8) is 0 Å². The maximum atomic E-state index is 12.2. The summed E-state index contributed by atoms with van der Waals surface area (Å²) in [6, 6.07) is 12.7. The van der Waals surface area contributed by atoms with E-state index in [0.717, 1.165) is 5.56 Å². The van der Waals surface area contributed by atoms with Crippen molar-refractivity contribution >= 4 is 23.7 Å². The second-order valence-corrected chi connectivity index (χ2v) is 5.95. The highest BCUT2D eigenvalue weighted by Gasteiger charge is 2.21. The summed E-state index contributed by atoms with van der Waals surface area (Å²) in [7, 11) is 1.17. The van der Waals surface area contributed by atoms with Crippen LogP contribution in [-0.2, 0) is 20.9 Å². The predicted molar refractivity (Wildman–Crippen MR) is 102 cm³/mol. The Morgan fingerprint density at radius 1 is 1.11 bits per heavy atom. The SMILES string of the molecule is COC(=O)[C@H](CO)NC(=O)c1ccc(NC(=O)OCc2ccccc2)c(C)c1. The number of carbonyl (C=O) groups is 3. The molecule has 0 unspecified atom stereocenters. The van der Waals surface area contributed by atoms with Gasteiger partial charge in [-0.1, -0.05) is 30.3 Å². The smallest absolute Gasteiger partial charge is 0.411 e. The number of hydrogen-bond donors (Lipinski definition) is 3. The minimum Gasteiger partial charge on any atom is -0.467 e. The number of rotatable bonds is 7. The van der Waals surface area contributed by atoms with Gasteiger partial charge in [-0.15, -0.1) is 0 Å². The number of carbonyl (C=O) groups excluding carboxylic acids is 3. The van der Waals surface area contributed by atoms with Gasteiger partial charge in [-0.25, -0.2) is 9.59 Å². The summed E-state index contributed by atoms with van der Waals surface area (Å²) in [6.07, 6.45) is -0.616. The van der Waals surface area contributed by atoms with E-state index in [9.17, 15) is 19.5 Å². The summed E-state index contributed by atoms with van der Waals surface area (Å²) < 4.78 is 9.67. The fraction of sp³-hybridized carbons (Fsp3) is 0.250. The normalized spacial score (nSPS) is 11.2. The third-order valence-electron chi connectivity index (χ3n) is 3.91. The van der Waals surface area contributed by atoms with Crippen LogP contribution in [0.1, 0.15) is 21.5 Å². The van der Waals surface area contributed by atoms with E-state index in [1.54, 1.807) is 19.1 Å². The molecule has 0 aliphatic heterocycles. The molecule has 2 amide bonds. The maximum Gasteiger partial charge on any atom is 0.411 e. The molecule has 0 spiro atoms. The Morgan fingerprint density at radius 3 is 2.43 bits per heavy atom. The van der Waals surface area contributed by atoms with Gasteiger partial charge in [-0.05, 0) is 36.2 Å². The number of nitrogens with one attached hydrogen (secondary N) is 2. The van der Waals surface area contributed by atoms with E-state index < -0.39 is 30.6 Å². The van der Waals surface area contributed by atoms with Gasteiger partial charge in [0.25, 0.3) is 5.91 Å². The van der Waals surface area contributed by atoms with Crippen molar-refractivity contribution in [2.24, 2.45) is 0 Å². The summed E-state index contributed by atoms with van der Waals surface area (Å²) in [5.41, 5.74) is 2.25. The van der Waals surface area contributed by atoms with E-state index in [4.69, 9.17) is 4.74 Å². The standard InChI is InChI=1S/C20H22N2O6/c1-13-10-15(18(24)21-17(11-23)19(25)27-2)8-9-16(13)22-20(26)28-12-14-6-4-3-5-7-14/h3-10,17,23H,11-12H2,1-2H3,(H,21,24)(H,22,26)/t17-/m0/s1. The van der Waals surface area contributed by atoms with Gasteiger partial charge in [0.15, 0.2) is 6.04 Å². The number of amides is 2. The summed E-state index contributed by atoms with van der Waals surface area (Å²) in [5, 5.41) is 14.2. The lowest BCUT2D eigenvalue weighted by Crippen LogP contribution is -2.44. The average Bonchev–Trinajstić information content (AvgIpc) is 2.71. The second kappa shape index (κ2) is 10.1. The molecular formula is C20H22N2O6. The zero-order valence-electron chi connectivity index (χ0n) is 15.6. The summed E-state index contributed by atoms with van der Waals surface area (Å²) >= 11 is 0. The van der Waals surface area contributed by atoms with Crippen molar-refractivity contribution in [3.05, 3.63) is 65.2 Å². The number of esters is 1. The van der Waals surface area contributed by atoms with Crippen LogP contribution in [0.4, 0.5) is 10.5 Å². The average molecular weight is 386 g/mol. The second-order valence-electron chi connectivity index (χ2n) is 5.95. The Labute approximate surface area is 162 Å². The van der Waals surface area contributed by atoms with Crippen molar-refractivity contribution in [1.29, 1.82) is 0 Å². The first kappa shape index (κ1) is 20.9. The molecule has 0 saturated carbocycles. The topological polar surface area (TPSA) is 114 Å². The highest BCUT2D eigenvalue weighted by Crippen LogP contribution is 2.17. The molecule has 8 nitrogen and oxygen atoms in total. The van der Waals surface area contributed by atoms with Gasteiger partial charge in [0.2, 0.25) is 0 Å². The van der Waals surface area contributed by atoms with Crippen molar-refractivity contribution in [2.75, 3.05) is 19.0 Å². The fourth-order valence-corrected chi connectivity index (χ4v) is 2.38. The molecule has 0 aliphatic rings. The quantitative estimate of drug-likeness (QED) is 0.627. The van der Waals surface area contributed by atoms with Crippen LogP contribution in [0.3, 0.4) is 0 Å². The Morgan fingerprint density at radius 2 is 1.82 bits per heavy atom. The monoisotopic (exact) mass is 386 g/mol. The number of aliphatic hydroxyl groups excluding tert-OH is 1. The first-order valence-corrected chi connectivity index (χ1v) is 8.52. The van der Waals surface area contributed by atoms with Gasteiger partial charge in [0, 0.05) is 11.3 Å².